The van der Waals surface area contributed by atoms with E-state index in [4.69, 9.17) is 23.2 Å². The molecule has 2 rings (SSSR count). The average Bonchev–Trinajstić information content (AvgIpc) is 2.80. The first-order valence-electron chi connectivity index (χ1n) is 4.83. The van der Waals surface area contributed by atoms with E-state index in [9.17, 15) is 0 Å². The molecule has 1 aromatic carbocycles. The minimum absolute atomic E-state index is 0.210. The van der Waals surface area contributed by atoms with Gasteiger partial charge < -0.3 is 0 Å². The fourth-order valence-corrected chi connectivity index (χ4v) is 2.98. The third-order valence-corrected chi connectivity index (χ3v) is 4.13. The molecule has 1 N–H and O–H groups in total. The molecule has 0 spiro atoms. The number of hydrazone groups is 1. The van der Waals surface area contributed by atoms with Crippen LogP contribution in [0.5, 0.6) is 0 Å². The van der Waals surface area contributed by atoms with Gasteiger partial charge in [-0.15, -0.1) is 0 Å². The summed E-state index contributed by atoms with van der Waals surface area (Å²) in [5.74, 6) is 0.452. The Kier molecular flexibility index (Phi) is 4.63. The van der Waals surface area contributed by atoms with E-state index in [1.807, 2.05) is 29.2 Å². The average molecular weight is 333 g/mol. The summed E-state index contributed by atoms with van der Waals surface area (Å²) in [5.41, 5.74) is 4.81. The van der Waals surface area contributed by atoms with E-state index in [2.05, 4.69) is 15.5 Å². The summed E-state index contributed by atoms with van der Waals surface area (Å²) in [5, 5.41) is 4.83. The number of hydrogen-bond acceptors (Lipinski definition) is 3. The molecular formula is C11H9Cl2N3Se. The molecule has 0 aliphatic rings. The first kappa shape index (κ1) is 12.7. The van der Waals surface area contributed by atoms with Crippen LogP contribution in [0, 0.1) is 0 Å². The fraction of sp³-hybridized carbons (Fsp3) is 0.0909. The second-order valence-electron chi connectivity index (χ2n) is 3.20. The number of anilines is 1. The zero-order chi connectivity index (χ0) is 12.1. The van der Waals surface area contributed by atoms with Crippen LogP contribution in [0.25, 0.3) is 0 Å². The molecule has 0 saturated heterocycles. The molecule has 88 valence electrons. The van der Waals surface area contributed by atoms with Gasteiger partial charge in [0.15, 0.2) is 0 Å². The number of hydrogen-bond donors (Lipinski definition) is 1. The fourth-order valence-electron chi connectivity index (χ4n) is 1.13. The van der Waals surface area contributed by atoms with Gasteiger partial charge in [0.05, 0.1) is 0 Å². The topological polar surface area (TPSA) is 37.3 Å². The van der Waals surface area contributed by atoms with E-state index < -0.39 is 0 Å². The molecule has 0 bridgehead atoms. The normalized spacial score (nSPS) is 10.9. The van der Waals surface area contributed by atoms with Gasteiger partial charge in [0, 0.05) is 0 Å². The van der Waals surface area contributed by atoms with Gasteiger partial charge in [-0.3, -0.25) is 0 Å². The molecule has 6 heteroatoms. The van der Waals surface area contributed by atoms with E-state index in [1.165, 1.54) is 0 Å². The first-order valence-corrected chi connectivity index (χ1v) is 7.59. The monoisotopic (exact) mass is 333 g/mol. The SMILES string of the molecule is ClCc1c[se]c(N/N=C/c2ccc(Cl)cc2)n1. The quantitative estimate of drug-likeness (QED) is 0.404. The number of halogens is 2. The van der Waals surface area contributed by atoms with E-state index in [1.54, 1.807) is 6.21 Å². The molecule has 0 radical (unpaired) electrons. The second kappa shape index (κ2) is 6.22. The molecular weight excluding hydrogens is 324 g/mol. The molecule has 3 nitrogen and oxygen atoms in total. The van der Waals surface area contributed by atoms with Crippen LogP contribution in [-0.2, 0) is 5.88 Å². The van der Waals surface area contributed by atoms with Crippen molar-refractivity contribution < 1.29 is 0 Å². The number of nitrogens with one attached hydrogen (secondary N) is 1. The van der Waals surface area contributed by atoms with Crippen molar-refractivity contribution in [2.24, 2.45) is 5.10 Å². The minimum atomic E-state index is 0.210. The van der Waals surface area contributed by atoms with Gasteiger partial charge in [0.1, 0.15) is 0 Å². The maximum absolute atomic E-state index is 5.79. The van der Waals surface area contributed by atoms with Crippen molar-refractivity contribution in [3.63, 3.8) is 0 Å². The molecule has 0 amide bonds. The Morgan fingerprint density at radius 3 is 2.76 bits per heavy atom. The molecule has 1 heterocycles. The number of rotatable bonds is 4. The van der Waals surface area contributed by atoms with Gasteiger partial charge in [-0.05, 0) is 0 Å². The number of benzene rings is 1. The predicted octanol–water partition coefficient (Wildman–Crippen LogP) is 2.98. The van der Waals surface area contributed by atoms with Crippen LogP contribution in [0.4, 0.5) is 4.69 Å². The number of aromatic nitrogens is 1. The summed E-state index contributed by atoms with van der Waals surface area (Å²) in [4.78, 5) is 6.32. The van der Waals surface area contributed by atoms with Crippen LogP contribution >= 0.6 is 23.2 Å². The third kappa shape index (κ3) is 3.86. The summed E-state index contributed by atoms with van der Waals surface area (Å²) in [6, 6.07) is 7.45. The molecule has 2 aromatic rings. The number of nitrogens with zero attached hydrogens (tertiary/aromatic N) is 2. The summed E-state index contributed by atoms with van der Waals surface area (Å²) in [7, 11) is 0. The summed E-state index contributed by atoms with van der Waals surface area (Å²) >= 11 is 11.7. The molecule has 0 fully saturated rings. The summed E-state index contributed by atoms with van der Waals surface area (Å²) in [6.07, 6.45) is 1.73. The molecule has 17 heavy (non-hydrogen) atoms. The molecule has 0 aliphatic carbocycles. The van der Waals surface area contributed by atoms with Gasteiger partial charge in [0.2, 0.25) is 0 Å². The van der Waals surface area contributed by atoms with Crippen molar-refractivity contribution in [3.8, 4) is 0 Å². The third-order valence-electron chi connectivity index (χ3n) is 1.93. The Morgan fingerprint density at radius 2 is 2.12 bits per heavy atom. The van der Waals surface area contributed by atoms with Crippen LogP contribution in [-0.4, -0.2) is 25.7 Å². The van der Waals surface area contributed by atoms with Gasteiger partial charge >= 0.3 is 115 Å². The maximum atomic E-state index is 5.79. The van der Waals surface area contributed by atoms with E-state index in [-0.39, 0.29) is 14.5 Å². The van der Waals surface area contributed by atoms with Crippen LogP contribution < -0.4 is 5.43 Å². The van der Waals surface area contributed by atoms with Gasteiger partial charge in [-0.1, -0.05) is 0 Å². The van der Waals surface area contributed by atoms with E-state index in [0.717, 1.165) is 21.0 Å². The number of alkyl halides is 1. The van der Waals surface area contributed by atoms with Gasteiger partial charge in [-0.25, -0.2) is 0 Å². The Morgan fingerprint density at radius 1 is 1.35 bits per heavy atom. The van der Waals surface area contributed by atoms with Crippen molar-refractivity contribution in [1.82, 2.24) is 4.98 Å². The second-order valence-corrected chi connectivity index (χ2v) is 5.70. The molecule has 0 saturated carbocycles. The first-order chi connectivity index (χ1) is 8.28. The van der Waals surface area contributed by atoms with Crippen LogP contribution in [0.1, 0.15) is 11.3 Å². The molecule has 0 unspecified atom stereocenters. The van der Waals surface area contributed by atoms with Crippen molar-refractivity contribution >= 4 is 48.6 Å². The zero-order valence-corrected chi connectivity index (χ0v) is 12.0. The van der Waals surface area contributed by atoms with Crippen molar-refractivity contribution in [2.45, 2.75) is 5.88 Å². The van der Waals surface area contributed by atoms with Crippen molar-refractivity contribution in [2.75, 3.05) is 5.43 Å². The van der Waals surface area contributed by atoms with Crippen molar-refractivity contribution in [1.29, 1.82) is 0 Å². The Bertz CT molecular complexity index is 508. The van der Waals surface area contributed by atoms with E-state index >= 15 is 0 Å². The zero-order valence-electron chi connectivity index (χ0n) is 8.73. The Labute approximate surface area is 115 Å². The Hall–Kier alpha value is -0.801. The van der Waals surface area contributed by atoms with E-state index in [0.29, 0.717) is 5.88 Å². The van der Waals surface area contributed by atoms with Crippen LogP contribution in [0.2, 0.25) is 5.02 Å². The molecule has 0 atom stereocenters. The van der Waals surface area contributed by atoms with Crippen molar-refractivity contribution in [3.05, 3.63) is 45.5 Å². The Balaban J connectivity index is 1.95. The van der Waals surface area contributed by atoms with Gasteiger partial charge in [0.25, 0.3) is 0 Å². The summed E-state index contributed by atoms with van der Waals surface area (Å²) < 4.78 is 0.873. The van der Waals surface area contributed by atoms with Crippen LogP contribution in [0.15, 0.2) is 34.3 Å². The molecule has 0 aliphatic heterocycles. The van der Waals surface area contributed by atoms with Gasteiger partial charge in [-0.2, -0.15) is 0 Å². The standard InChI is InChI=1S/C11H9Cl2N3Se/c12-5-10-7-17-11(15-10)16-14-6-8-1-3-9(13)4-2-8/h1-4,6-7H,5H2,(H,15,16)/b14-6+. The predicted molar refractivity (Wildman–Crippen MR) is 73.4 cm³/mol. The molecule has 1 aromatic heterocycles. The van der Waals surface area contributed by atoms with Crippen LogP contribution in [0.3, 0.4) is 0 Å². The summed E-state index contributed by atoms with van der Waals surface area (Å²) in [6.45, 7) is 0.